The molecule has 1 heterocycles. The number of aliphatic hydroxyl groups excluding tert-OH is 2. The van der Waals surface area contributed by atoms with Crippen molar-refractivity contribution in [1.82, 2.24) is 0 Å². The van der Waals surface area contributed by atoms with Gasteiger partial charge >= 0.3 is 5.97 Å². The first kappa shape index (κ1) is 27.7. The van der Waals surface area contributed by atoms with E-state index in [1.165, 1.54) is 19.9 Å². The maximum absolute atomic E-state index is 14.2. The van der Waals surface area contributed by atoms with Gasteiger partial charge in [0.25, 0.3) is 0 Å². The summed E-state index contributed by atoms with van der Waals surface area (Å²) in [7, 11) is 0. The molecule has 5 rings (SSSR count). The minimum Gasteiger partial charge on any atom is -0.481 e. The van der Waals surface area contributed by atoms with Crippen LogP contribution in [0.3, 0.4) is 0 Å². The number of hydrogen-bond acceptors (Lipinski definition) is 7. The zero-order valence-corrected chi connectivity index (χ0v) is 23.5. The molecule has 2 saturated carbocycles. The van der Waals surface area contributed by atoms with Crippen LogP contribution in [0.15, 0.2) is 23.3 Å². The Morgan fingerprint density at radius 2 is 1.82 bits per heavy atom. The second-order valence-electron chi connectivity index (χ2n) is 14.1. The average molecular weight is 531 g/mol. The fourth-order valence-corrected chi connectivity index (χ4v) is 9.23. The van der Waals surface area contributed by atoms with Crippen LogP contribution in [0.4, 0.5) is 0 Å². The highest BCUT2D eigenvalue weighted by atomic mass is 16.6. The summed E-state index contributed by atoms with van der Waals surface area (Å²) in [6.07, 6.45) is 2.83. The van der Waals surface area contributed by atoms with Crippen LogP contribution in [-0.4, -0.2) is 67.5 Å². The summed E-state index contributed by atoms with van der Waals surface area (Å²) in [6.45, 7) is 12.8. The lowest BCUT2D eigenvalue weighted by molar-refractivity contribution is -0.146. The monoisotopic (exact) mass is 530 g/mol. The number of carboxylic acid groups (broad SMARTS) is 1. The van der Waals surface area contributed by atoms with Crippen LogP contribution in [0, 0.1) is 33.5 Å². The first-order chi connectivity index (χ1) is 17.3. The van der Waals surface area contributed by atoms with Gasteiger partial charge in [0.1, 0.15) is 11.4 Å². The standard InChI is InChI=1S/C30H42O8/c1-15(24(35)36)10-16(31)14-27(5,37)19-12-22(34)29(7)28(19,6)21(33)11-18-26(4)9-8-20(32)25(2,3)17(26)13-23-30(18,29)38-23/h11-12,15,17,20,22-23,32,34,37H,8-10,13-14H2,1-7H3,(H,35,36)/t15-,17+,20-,22+,23-,26-,27-,28-,29+,30+/m0/s1. The number of aliphatic hydroxyl groups is 3. The lowest BCUT2D eigenvalue weighted by atomic mass is 9.40. The molecule has 0 bridgehead atoms. The van der Waals surface area contributed by atoms with Gasteiger partial charge in [0.2, 0.25) is 0 Å². The summed E-state index contributed by atoms with van der Waals surface area (Å²) in [4.78, 5) is 38.2. The SMILES string of the molecule is C[C@@H](CC(=O)C[C@](C)(O)C1=C[C@@H](O)[C@]2(C)[C@]1(C)C(=O)C=C1[C@]23O[C@H]3C[C@@H]2C(C)(C)[C@@H](O)CC[C@]12C)C(=O)O. The van der Waals surface area contributed by atoms with Crippen molar-refractivity contribution in [3.8, 4) is 0 Å². The predicted molar refractivity (Wildman–Crippen MR) is 138 cm³/mol. The Bertz CT molecular complexity index is 1180. The Labute approximate surface area is 224 Å². The maximum atomic E-state index is 14.2. The molecule has 210 valence electrons. The Kier molecular flexibility index (Phi) is 5.73. The van der Waals surface area contributed by atoms with Crippen LogP contribution in [-0.2, 0) is 19.1 Å². The third-order valence-corrected chi connectivity index (χ3v) is 11.8. The molecule has 0 aromatic rings. The molecule has 4 N–H and O–H groups in total. The molecule has 10 atom stereocenters. The lowest BCUT2D eigenvalue weighted by Crippen LogP contribution is -2.66. The zero-order chi connectivity index (χ0) is 28.4. The van der Waals surface area contributed by atoms with Gasteiger partial charge in [-0.3, -0.25) is 14.4 Å². The van der Waals surface area contributed by atoms with Gasteiger partial charge < -0.3 is 25.2 Å². The fraction of sp³-hybridized carbons (Fsp3) is 0.767. The molecular formula is C30H42O8. The third-order valence-electron chi connectivity index (χ3n) is 11.8. The van der Waals surface area contributed by atoms with E-state index < -0.39 is 57.3 Å². The van der Waals surface area contributed by atoms with E-state index in [1.54, 1.807) is 13.0 Å². The maximum Gasteiger partial charge on any atom is 0.306 e. The van der Waals surface area contributed by atoms with Crippen LogP contribution >= 0.6 is 0 Å². The van der Waals surface area contributed by atoms with Crippen molar-refractivity contribution >= 4 is 17.5 Å². The third kappa shape index (κ3) is 3.09. The molecule has 0 aromatic heterocycles. The number of fused-ring (bicyclic) bond motifs is 3. The molecule has 4 aliphatic carbocycles. The quantitative estimate of drug-likeness (QED) is 0.303. The number of aliphatic carboxylic acids is 1. The lowest BCUT2D eigenvalue weighted by Gasteiger charge is -2.62. The second kappa shape index (κ2) is 7.87. The van der Waals surface area contributed by atoms with E-state index in [2.05, 4.69) is 20.8 Å². The predicted octanol–water partition coefficient (Wildman–Crippen LogP) is 2.97. The second-order valence-corrected chi connectivity index (χ2v) is 14.1. The average Bonchev–Trinajstić information content (AvgIpc) is 3.48. The summed E-state index contributed by atoms with van der Waals surface area (Å²) < 4.78 is 6.57. The molecule has 38 heavy (non-hydrogen) atoms. The van der Waals surface area contributed by atoms with Gasteiger partial charge in [0.15, 0.2) is 5.78 Å². The smallest absolute Gasteiger partial charge is 0.306 e. The van der Waals surface area contributed by atoms with E-state index >= 15 is 0 Å². The minimum atomic E-state index is -1.76. The summed E-state index contributed by atoms with van der Waals surface area (Å²) in [5.41, 5.74) is -4.70. The number of rotatable bonds is 6. The molecule has 1 aliphatic heterocycles. The Morgan fingerprint density at radius 1 is 1.18 bits per heavy atom. The van der Waals surface area contributed by atoms with E-state index in [-0.39, 0.29) is 41.6 Å². The number of epoxide rings is 1. The Morgan fingerprint density at radius 3 is 2.42 bits per heavy atom. The minimum absolute atomic E-state index is 0.0920. The molecule has 0 amide bonds. The Balaban J connectivity index is 1.57. The fourth-order valence-electron chi connectivity index (χ4n) is 9.23. The van der Waals surface area contributed by atoms with Gasteiger partial charge in [-0.15, -0.1) is 0 Å². The molecular weight excluding hydrogens is 488 g/mol. The topological polar surface area (TPSA) is 145 Å². The summed E-state index contributed by atoms with van der Waals surface area (Å²) >= 11 is 0. The molecule has 1 spiro atoms. The van der Waals surface area contributed by atoms with Gasteiger partial charge in [-0.25, -0.2) is 0 Å². The van der Waals surface area contributed by atoms with Crippen LogP contribution < -0.4 is 0 Å². The number of Topliss-reactive ketones (excluding diaryl/α,β-unsaturated/α-hetero) is 1. The van der Waals surface area contributed by atoms with Crippen LogP contribution in [0.5, 0.6) is 0 Å². The first-order valence-corrected chi connectivity index (χ1v) is 13.8. The van der Waals surface area contributed by atoms with E-state index in [0.29, 0.717) is 19.3 Å². The van der Waals surface area contributed by atoms with Crippen molar-refractivity contribution in [1.29, 1.82) is 0 Å². The van der Waals surface area contributed by atoms with Crippen molar-refractivity contribution in [3.63, 3.8) is 0 Å². The summed E-state index contributed by atoms with van der Waals surface area (Å²) in [6, 6.07) is 0. The van der Waals surface area contributed by atoms with Gasteiger partial charge in [-0.05, 0) is 67.1 Å². The van der Waals surface area contributed by atoms with Crippen molar-refractivity contribution < 1.29 is 39.5 Å². The van der Waals surface area contributed by atoms with Crippen LogP contribution in [0.1, 0.15) is 80.6 Å². The molecule has 8 heteroatoms. The van der Waals surface area contributed by atoms with Crippen molar-refractivity contribution in [2.24, 2.45) is 33.5 Å². The number of carbonyl (C=O) groups is 3. The molecule has 1 saturated heterocycles. The van der Waals surface area contributed by atoms with E-state index in [0.717, 1.165) is 5.57 Å². The summed E-state index contributed by atoms with van der Waals surface area (Å²) in [5, 5.41) is 43.3. The largest absolute Gasteiger partial charge is 0.481 e. The van der Waals surface area contributed by atoms with Gasteiger partial charge in [0, 0.05) is 18.3 Å². The van der Waals surface area contributed by atoms with Gasteiger partial charge in [-0.1, -0.05) is 40.7 Å². The van der Waals surface area contributed by atoms with Crippen molar-refractivity contribution in [2.75, 3.05) is 0 Å². The van der Waals surface area contributed by atoms with Crippen LogP contribution in [0.2, 0.25) is 0 Å². The molecule has 0 aromatic carbocycles. The van der Waals surface area contributed by atoms with Crippen LogP contribution in [0.25, 0.3) is 0 Å². The highest BCUT2D eigenvalue weighted by Crippen LogP contribution is 2.79. The highest BCUT2D eigenvalue weighted by Gasteiger charge is 2.85. The van der Waals surface area contributed by atoms with E-state index in [4.69, 9.17) is 4.74 Å². The number of hydrogen-bond donors (Lipinski definition) is 4. The van der Waals surface area contributed by atoms with E-state index in [9.17, 15) is 34.8 Å². The number of ether oxygens (including phenoxy) is 1. The number of carboxylic acids is 1. The number of ketones is 2. The normalized spacial score (nSPS) is 46.8. The Hall–Kier alpha value is -1.87. The highest BCUT2D eigenvalue weighted by molar-refractivity contribution is 6.02. The zero-order valence-electron chi connectivity index (χ0n) is 23.5. The summed E-state index contributed by atoms with van der Waals surface area (Å²) in [5.74, 6) is -2.55. The number of allylic oxidation sites excluding steroid dienone is 1. The first-order valence-electron chi connectivity index (χ1n) is 13.8. The molecule has 3 fully saturated rings. The van der Waals surface area contributed by atoms with E-state index in [1.807, 2.05) is 6.92 Å². The van der Waals surface area contributed by atoms with Crippen molar-refractivity contribution in [2.45, 2.75) is 110 Å². The van der Waals surface area contributed by atoms with Gasteiger partial charge in [-0.2, -0.15) is 0 Å². The molecule has 5 aliphatic rings. The number of carbonyl (C=O) groups excluding carboxylic acids is 2. The molecule has 0 radical (unpaired) electrons. The molecule has 8 nitrogen and oxygen atoms in total. The molecule has 0 unspecified atom stereocenters. The van der Waals surface area contributed by atoms with Crippen molar-refractivity contribution in [3.05, 3.63) is 23.3 Å². The van der Waals surface area contributed by atoms with Gasteiger partial charge in [0.05, 0.1) is 35.2 Å².